The first kappa shape index (κ1) is 28.3. The van der Waals surface area contributed by atoms with Crippen LogP contribution in [0.4, 0.5) is 5.69 Å². The molecule has 38 heavy (non-hydrogen) atoms. The van der Waals surface area contributed by atoms with E-state index in [0.29, 0.717) is 43.7 Å². The first-order valence-electron chi connectivity index (χ1n) is 12.9. The lowest BCUT2D eigenvalue weighted by molar-refractivity contribution is -0.153. The van der Waals surface area contributed by atoms with Gasteiger partial charge in [-0.25, -0.2) is 0 Å². The minimum Gasteiger partial charge on any atom is -0.497 e. The number of nitrogens with zero attached hydrogens (tertiary/aromatic N) is 2. The van der Waals surface area contributed by atoms with Crippen molar-refractivity contribution in [1.82, 2.24) is 4.90 Å². The second-order valence-corrected chi connectivity index (χ2v) is 11.0. The lowest BCUT2D eigenvalue weighted by Gasteiger charge is -2.37. The van der Waals surface area contributed by atoms with Crippen molar-refractivity contribution in [2.75, 3.05) is 38.3 Å². The molecule has 3 heterocycles. The fourth-order valence-electron chi connectivity index (χ4n) is 6.09. The second-order valence-electron chi connectivity index (χ2n) is 9.83. The molecule has 1 aromatic carbocycles. The summed E-state index contributed by atoms with van der Waals surface area (Å²) in [6, 6.07) is 6.17. The number of likely N-dealkylation sites (tertiary alicyclic amines) is 1. The maximum Gasteiger partial charge on any atom is 0.312 e. The molecule has 2 amide bonds. The highest BCUT2D eigenvalue weighted by molar-refractivity contribution is 9.09. The SMILES string of the molecule is C=CCOC(=O)[C@H]1[C@H]2C(=O)N(CCCCCO)C(C(=O)N(CC=C)c3ccc(OC)cc3)C23CC(Br)[C@@H]1O3. The zero-order chi connectivity index (χ0) is 27.4. The minimum absolute atomic E-state index is 0.0285. The third kappa shape index (κ3) is 4.89. The molecule has 3 aliphatic rings. The number of carbonyl (C=O) groups is 3. The van der Waals surface area contributed by atoms with Gasteiger partial charge in [0.15, 0.2) is 0 Å². The quantitative estimate of drug-likeness (QED) is 0.163. The molecular formula is C28H35BrN2O7. The van der Waals surface area contributed by atoms with Gasteiger partial charge in [-0.05, 0) is 49.9 Å². The molecule has 0 saturated carbocycles. The zero-order valence-corrected chi connectivity index (χ0v) is 23.2. The third-order valence-corrected chi connectivity index (χ3v) is 8.50. The molecule has 0 radical (unpaired) electrons. The fraction of sp³-hybridized carbons (Fsp3) is 0.536. The number of amides is 2. The molecule has 206 valence electrons. The molecule has 1 spiro atoms. The van der Waals surface area contributed by atoms with Crippen LogP contribution in [0.1, 0.15) is 25.7 Å². The normalized spacial score (nSPS) is 29.2. The van der Waals surface area contributed by atoms with Crippen molar-refractivity contribution in [1.29, 1.82) is 0 Å². The Labute approximate surface area is 231 Å². The number of aliphatic hydroxyl groups is 1. The van der Waals surface area contributed by atoms with Crippen molar-refractivity contribution >= 4 is 39.4 Å². The number of alkyl halides is 1. The lowest BCUT2D eigenvalue weighted by Crippen LogP contribution is -2.57. The van der Waals surface area contributed by atoms with E-state index in [-0.39, 0.29) is 36.4 Å². The number of hydrogen-bond donors (Lipinski definition) is 1. The van der Waals surface area contributed by atoms with Gasteiger partial charge in [0, 0.05) is 30.2 Å². The number of anilines is 1. The lowest BCUT2D eigenvalue weighted by atomic mass is 9.70. The number of esters is 1. The molecule has 3 unspecified atom stereocenters. The Morgan fingerprint density at radius 2 is 1.97 bits per heavy atom. The molecule has 3 saturated heterocycles. The number of unbranched alkanes of at least 4 members (excludes halogenated alkanes) is 2. The van der Waals surface area contributed by atoms with Crippen LogP contribution < -0.4 is 9.64 Å². The number of ether oxygens (including phenoxy) is 3. The number of halogens is 1. The van der Waals surface area contributed by atoms with Gasteiger partial charge in [-0.2, -0.15) is 0 Å². The Balaban J connectivity index is 1.73. The maximum atomic E-state index is 14.4. The van der Waals surface area contributed by atoms with Crippen LogP contribution in [0.3, 0.4) is 0 Å². The summed E-state index contributed by atoms with van der Waals surface area (Å²) in [7, 11) is 1.57. The maximum absolute atomic E-state index is 14.4. The number of fused-ring (bicyclic) bond motifs is 1. The van der Waals surface area contributed by atoms with Crippen molar-refractivity contribution < 1.29 is 33.7 Å². The highest BCUT2D eigenvalue weighted by Gasteiger charge is 2.77. The van der Waals surface area contributed by atoms with Gasteiger partial charge in [-0.1, -0.05) is 34.7 Å². The summed E-state index contributed by atoms with van der Waals surface area (Å²) in [5.74, 6) is -2.10. The van der Waals surface area contributed by atoms with Crippen LogP contribution in [0.15, 0.2) is 49.6 Å². The van der Waals surface area contributed by atoms with E-state index in [1.807, 2.05) is 0 Å². The van der Waals surface area contributed by atoms with Gasteiger partial charge in [-0.15, -0.1) is 6.58 Å². The molecule has 4 rings (SSSR count). The van der Waals surface area contributed by atoms with Crippen molar-refractivity contribution in [3.8, 4) is 5.75 Å². The van der Waals surface area contributed by atoms with E-state index in [2.05, 4.69) is 29.1 Å². The number of benzene rings is 1. The molecule has 1 N–H and O–H groups in total. The second kappa shape index (κ2) is 12.0. The van der Waals surface area contributed by atoms with E-state index in [4.69, 9.17) is 14.2 Å². The molecule has 6 atom stereocenters. The summed E-state index contributed by atoms with van der Waals surface area (Å²) in [6.07, 6.45) is 4.84. The molecular weight excluding hydrogens is 556 g/mol. The van der Waals surface area contributed by atoms with Crippen molar-refractivity contribution in [3.05, 3.63) is 49.6 Å². The standard InChI is InChI=1S/C28H35BrN2O7/c1-4-13-30(18-9-11-19(36-3)12-10-18)26(34)24-28-17-20(29)23(38-28)21(27(35)37-16-5-2)22(28)25(33)31(24)14-7-6-8-15-32/h4-5,9-12,20-24,32H,1-2,6-8,13-17H2,3H3/t20?,21-,22-,23-,24?,28?/m0/s1. The van der Waals surface area contributed by atoms with E-state index in [1.165, 1.54) is 6.08 Å². The summed E-state index contributed by atoms with van der Waals surface area (Å²) in [5.41, 5.74) is -0.540. The smallest absolute Gasteiger partial charge is 0.312 e. The van der Waals surface area contributed by atoms with Crippen molar-refractivity contribution in [3.63, 3.8) is 0 Å². The average Bonchev–Trinajstić information content (AvgIpc) is 3.51. The van der Waals surface area contributed by atoms with Crippen molar-refractivity contribution in [2.24, 2.45) is 11.8 Å². The molecule has 3 fully saturated rings. The van der Waals surface area contributed by atoms with E-state index < -0.39 is 35.6 Å². The zero-order valence-electron chi connectivity index (χ0n) is 21.6. The number of aliphatic hydroxyl groups excluding tert-OH is 1. The van der Waals surface area contributed by atoms with E-state index >= 15 is 0 Å². The van der Waals surface area contributed by atoms with E-state index in [0.717, 1.165) is 0 Å². The molecule has 1 aromatic rings. The first-order valence-corrected chi connectivity index (χ1v) is 13.8. The highest BCUT2D eigenvalue weighted by Crippen LogP contribution is 2.60. The Morgan fingerprint density at radius 1 is 1.24 bits per heavy atom. The summed E-state index contributed by atoms with van der Waals surface area (Å²) < 4.78 is 17.1. The van der Waals surface area contributed by atoms with Gasteiger partial charge in [0.2, 0.25) is 5.91 Å². The summed E-state index contributed by atoms with van der Waals surface area (Å²) in [5, 5.41) is 9.21. The molecule has 0 aromatic heterocycles. The number of carbonyl (C=O) groups excluding carboxylic acids is 3. The van der Waals surface area contributed by atoms with Gasteiger partial charge in [0.05, 0.1) is 25.0 Å². The number of hydrogen-bond acceptors (Lipinski definition) is 7. The Morgan fingerprint density at radius 3 is 2.61 bits per heavy atom. The molecule has 10 heteroatoms. The minimum atomic E-state index is -1.17. The van der Waals surface area contributed by atoms with Gasteiger partial charge >= 0.3 is 5.97 Å². The first-order chi connectivity index (χ1) is 18.3. The van der Waals surface area contributed by atoms with Crippen LogP contribution in [-0.4, -0.2) is 83.8 Å². The Bertz CT molecular complexity index is 1060. The molecule has 9 nitrogen and oxygen atoms in total. The largest absolute Gasteiger partial charge is 0.497 e. The van der Waals surface area contributed by atoms with Gasteiger partial charge in [0.1, 0.15) is 24.0 Å². The Hall–Kier alpha value is -2.69. The van der Waals surface area contributed by atoms with Gasteiger partial charge in [-0.3, -0.25) is 14.4 Å². The predicted molar refractivity (Wildman–Crippen MR) is 145 cm³/mol. The van der Waals surface area contributed by atoms with Crippen LogP contribution in [0.2, 0.25) is 0 Å². The van der Waals surface area contributed by atoms with Crippen LogP contribution in [0, 0.1) is 11.8 Å². The highest BCUT2D eigenvalue weighted by atomic mass is 79.9. The van der Waals surface area contributed by atoms with E-state index in [1.54, 1.807) is 47.3 Å². The van der Waals surface area contributed by atoms with E-state index in [9.17, 15) is 19.5 Å². The topological polar surface area (TPSA) is 106 Å². The molecule has 2 bridgehead atoms. The molecule has 3 aliphatic heterocycles. The number of rotatable bonds is 13. The van der Waals surface area contributed by atoms with Crippen LogP contribution in [-0.2, 0) is 23.9 Å². The summed E-state index contributed by atoms with van der Waals surface area (Å²) >= 11 is 3.66. The monoisotopic (exact) mass is 590 g/mol. The van der Waals surface area contributed by atoms with Crippen LogP contribution in [0.25, 0.3) is 0 Å². The van der Waals surface area contributed by atoms with Crippen molar-refractivity contribution in [2.45, 2.75) is 48.3 Å². The molecule has 0 aliphatic carbocycles. The fourth-order valence-corrected chi connectivity index (χ4v) is 7.03. The summed E-state index contributed by atoms with van der Waals surface area (Å²) in [6.45, 7) is 8.05. The number of methoxy groups -OCH3 is 1. The third-order valence-electron chi connectivity index (χ3n) is 7.66. The average molecular weight is 591 g/mol. The Kier molecular flexibility index (Phi) is 8.95. The predicted octanol–water partition coefficient (Wildman–Crippen LogP) is 2.85. The van der Waals surface area contributed by atoms with Gasteiger partial charge in [0.25, 0.3) is 5.91 Å². The summed E-state index contributed by atoms with van der Waals surface area (Å²) in [4.78, 5) is 44.5. The van der Waals surface area contributed by atoms with Crippen LogP contribution >= 0.6 is 15.9 Å². The van der Waals surface area contributed by atoms with Gasteiger partial charge < -0.3 is 29.1 Å². The van der Waals surface area contributed by atoms with Crippen LogP contribution in [0.5, 0.6) is 5.75 Å².